The Bertz CT molecular complexity index is 669. The summed E-state index contributed by atoms with van der Waals surface area (Å²) in [4.78, 5) is 23.6. The fourth-order valence-electron chi connectivity index (χ4n) is 2.12. The van der Waals surface area contributed by atoms with Gasteiger partial charge in [0, 0.05) is 19.0 Å². The van der Waals surface area contributed by atoms with Crippen molar-refractivity contribution in [2.24, 2.45) is 5.92 Å². The molecule has 0 aliphatic rings. The van der Waals surface area contributed by atoms with Crippen molar-refractivity contribution in [1.82, 2.24) is 9.88 Å². The van der Waals surface area contributed by atoms with Gasteiger partial charge >= 0.3 is 5.76 Å². The molecule has 1 amide bonds. The van der Waals surface area contributed by atoms with E-state index in [0.29, 0.717) is 30.9 Å². The second kappa shape index (κ2) is 6.61. The number of amides is 1. The number of hydrogen-bond acceptors (Lipinski definition) is 3. The minimum atomic E-state index is -0.368. The molecule has 5 nitrogen and oxygen atoms in total. The predicted octanol–water partition coefficient (Wildman–Crippen LogP) is 2.54. The third-order valence-electron chi connectivity index (χ3n) is 3.75. The number of nitrogens with one attached hydrogen (secondary N) is 1. The number of carbonyl (C=O) groups is 1. The number of fused-ring (bicyclic) bond motifs is 1. The number of aryl methyl sites for hydroxylation is 1. The standard InChI is InChI=1S/C16H22N2O3/c1-11(2)12(3)17-15(19)9-6-10-18-13-7-4-5-8-14(13)21-16(18)20/h4-5,7-8,11-12H,6,9-10H2,1-3H3,(H,17,19). The van der Waals surface area contributed by atoms with E-state index in [2.05, 4.69) is 19.2 Å². The summed E-state index contributed by atoms with van der Waals surface area (Å²) in [6.07, 6.45) is 1.02. The molecule has 1 unspecified atom stereocenters. The molecule has 0 aliphatic carbocycles. The van der Waals surface area contributed by atoms with Crippen LogP contribution in [0.4, 0.5) is 0 Å². The number of para-hydroxylation sites is 2. The van der Waals surface area contributed by atoms with Crippen LogP contribution in [0.15, 0.2) is 33.5 Å². The molecule has 0 saturated heterocycles. The van der Waals surface area contributed by atoms with Crippen LogP contribution >= 0.6 is 0 Å². The highest BCUT2D eigenvalue weighted by Crippen LogP contribution is 2.12. The first-order valence-electron chi connectivity index (χ1n) is 7.36. The molecule has 0 aliphatic heterocycles. The summed E-state index contributed by atoms with van der Waals surface area (Å²) in [5.74, 6) is 0.0681. The SMILES string of the molecule is CC(C)C(C)NC(=O)CCCn1c(=O)oc2ccccc21. The van der Waals surface area contributed by atoms with Crippen LogP contribution in [0.1, 0.15) is 33.6 Å². The molecule has 1 atom stereocenters. The lowest BCUT2D eigenvalue weighted by Crippen LogP contribution is -2.36. The lowest BCUT2D eigenvalue weighted by atomic mass is 10.1. The van der Waals surface area contributed by atoms with Gasteiger partial charge in [0.05, 0.1) is 5.52 Å². The van der Waals surface area contributed by atoms with Crippen molar-refractivity contribution in [2.45, 2.75) is 46.2 Å². The summed E-state index contributed by atoms with van der Waals surface area (Å²) in [5, 5.41) is 2.96. The van der Waals surface area contributed by atoms with Gasteiger partial charge in [0.25, 0.3) is 0 Å². The summed E-state index contributed by atoms with van der Waals surface area (Å²) in [7, 11) is 0. The molecular weight excluding hydrogens is 268 g/mol. The van der Waals surface area contributed by atoms with E-state index in [4.69, 9.17) is 4.42 Å². The largest absolute Gasteiger partial charge is 0.419 e. The van der Waals surface area contributed by atoms with Crippen molar-refractivity contribution in [3.8, 4) is 0 Å². The van der Waals surface area contributed by atoms with Gasteiger partial charge in [0.2, 0.25) is 5.91 Å². The van der Waals surface area contributed by atoms with Gasteiger partial charge in [-0.3, -0.25) is 9.36 Å². The highest BCUT2D eigenvalue weighted by atomic mass is 16.4. The van der Waals surface area contributed by atoms with Gasteiger partial charge in [-0.15, -0.1) is 0 Å². The van der Waals surface area contributed by atoms with Gasteiger partial charge in [-0.05, 0) is 31.4 Å². The summed E-state index contributed by atoms with van der Waals surface area (Å²) in [6.45, 7) is 6.63. The highest BCUT2D eigenvalue weighted by Gasteiger charge is 2.12. The van der Waals surface area contributed by atoms with Crippen LogP contribution in [0.5, 0.6) is 0 Å². The fourth-order valence-corrected chi connectivity index (χ4v) is 2.12. The van der Waals surface area contributed by atoms with Gasteiger partial charge < -0.3 is 9.73 Å². The van der Waals surface area contributed by atoms with Crippen LogP contribution in [-0.2, 0) is 11.3 Å². The highest BCUT2D eigenvalue weighted by molar-refractivity contribution is 5.76. The Morgan fingerprint density at radius 2 is 2.00 bits per heavy atom. The molecule has 0 radical (unpaired) electrons. The number of nitrogens with zero attached hydrogens (tertiary/aromatic N) is 1. The van der Waals surface area contributed by atoms with Crippen LogP contribution in [0, 0.1) is 5.92 Å². The van der Waals surface area contributed by atoms with Crippen molar-refractivity contribution in [3.05, 3.63) is 34.8 Å². The molecule has 2 rings (SSSR count). The Hall–Kier alpha value is -2.04. The number of aromatic nitrogens is 1. The van der Waals surface area contributed by atoms with E-state index in [9.17, 15) is 9.59 Å². The summed E-state index contributed by atoms with van der Waals surface area (Å²) in [6, 6.07) is 7.47. The predicted molar refractivity (Wildman–Crippen MR) is 82.2 cm³/mol. The molecule has 1 aromatic carbocycles. The number of hydrogen-bond donors (Lipinski definition) is 1. The van der Waals surface area contributed by atoms with Crippen molar-refractivity contribution >= 4 is 17.0 Å². The number of benzene rings is 1. The van der Waals surface area contributed by atoms with E-state index in [-0.39, 0.29) is 17.7 Å². The zero-order chi connectivity index (χ0) is 15.4. The van der Waals surface area contributed by atoms with Crippen molar-refractivity contribution < 1.29 is 9.21 Å². The van der Waals surface area contributed by atoms with E-state index in [1.807, 2.05) is 25.1 Å². The van der Waals surface area contributed by atoms with Crippen molar-refractivity contribution in [1.29, 1.82) is 0 Å². The van der Waals surface area contributed by atoms with Crippen LogP contribution in [-0.4, -0.2) is 16.5 Å². The lowest BCUT2D eigenvalue weighted by Gasteiger charge is -2.17. The molecule has 0 fully saturated rings. The van der Waals surface area contributed by atoms with E-state index in [1.165, 1.54) is 0 Å². The van der Waals surface area contributed by atoms with E-state index in [1.54, 1.807) is 10.6 Å². The van der Waals surface area contributed by atoms with Crippen LogP contribution in [0.3, 0.4) is 0 Å². The van der Waals surface area contributed by atoms with E-state index in [0.717, 1.165) is 5.52 Å². The molecule has 1 aromatic heterocycles. The van der Waals surface area contributed by atoms with Gasteiger partial charge in [0.1, 0.15) is 0 Å². The molecule has 0 spiro atoms. The molecule has 5 heteroatoms. The molecule has 114 valence electrons. The zero-order valence-electron chi connectivity index (χ0n) is 12.8. The monoisotopic (exact) mass is 290 g/mol. The molecule has 0 saturated carbocycles. The third kappa shape index (κ3) is 3.74. The van der Waals surface area contributed by atoms with Crippen LogP contribution < -0.4 is 11.1 Å². The smallest absolute Gasteiger partial charge is 0.408 e. The molecule has 21 heavy (non-hydrogen) atoms. The first-order valence-corrected chi connectivity index (χ1v) is 7.36. The maximum Gasteiger partial charge on any atom is 0.419 e. The average Bonchev–Trinajstić information content (AvgIpc) is 2.75. The van der Waals surface area contributed by atoms with Crippen molar-refractivity contribution in [2.75, 3.05) is 0 Å². The molecular formula is C16H22N2O3. The van der Waals surface area contributed by atoms with E-state index >= 15 is 0 Å². The zero-order valence-corrected chi connectivity index (χ0v) is 12.8. The molecule has 2 aromatic rings. The van der Waals surface area contributed by atoms with Gasteiger partial charge in [-0.1, -0.05) is 26.0 Å². The van der Waals surface area contributed by atoms with Crippen LogP contribution in [0.25, 0.3) is 11.1 Å². The van der Waals surface area contributed by atoms with Gasteiger partial charge in [-0.25, -0.2) is 4.79 Å². The summed E-state index contributed by atoms with van der Waals surface area (Å²) >= 11 is 0. The Kier molecular flexibility index (Phi) is 4.83. The van der Waals surface area contributed by atoms with Crippen LogP contribution in [0.2, 0.25) is 0 Å². The Labute approximate surface area is 123 Å². The minimum absolute atomic E-state index is 0.0250. The average molecular weight is 290 g/mol. The van der Waals surface area contributed by atoms with Gasteiger partial charge in [-0.2, -0.15) is 0 Å². The van der Waals surface area contributed by atoms with Gasteiger partial charge in [0.15, 0.2) is 5.58 Å². The Balaban J connectivity index is 1.92. The first-order chi connectivity index (χ1) is 9.99. The maximum atomic E-state index is 11.8. The fraction of sp³-hybridized carbons (Fsp3) is 0.500. The number of rotatable bonds is 6. The quantitative estimate of drug-likeness (QED) is 0.889. The molecule has 1 heterocycles. The molecule has 0 bridgehead atoms. The first kappa shape index (κ1) is 15.4. The normalized spacial score (nSPS) is 12.8. The topological polar surface area (TPSA) is 64.2 Å². The lowest BCUT2D eigenvalue weighted by molar-refractivity contribution is -0.122. The Morgan fingerprint density at radius 1 is 1.29 bits per heavy atom. The maximum absolute atomic E-state index is 11.8. The summed E-state index contributed by atoms with van der Waals surface area (Å²) < 4.78 is 6.74. The second-order valence-electron chi connectivity index (χ2n) is 5.69. The molecule has 1 N–H and O–H groups in total. The number of carbonyl (C=O) groups excluding carboxylic acids is 1. The second-order valence-corrected chi connectivity index (χ2v) is 5.69. The third-order valence-corrected chi connectivity index (χ3v) is 3.75. The van der Waals surface area contributed by atoms with E-state index < -0.39 is 0 Å². The number of oxazole rings is 1. The Morgan fingerprint density at radius 3 is 2.71 bits per heavy atom. The summed E-state index contributed by atoms with van der Waals surface area (Å²) in [5.41, 5.74) is 1.36. The minimum Gasteiger partial charge on any atom is -0.408 e. The van der Waals surface area contributed by atoms with Crippen molar-refractivity contribution in [3.63, 3.8) is 0 Å².